The Morgan fingerprint density at radius 2 is 1.81 bits per heavy atom. The first-order valence-electron chi connectivity index (χ1n) is 7.11. The van der Waals surface area contributed by atoms with Gasteiger partial charge in [0.1, 0.15) is 5.75 Å². The monoisotopic (exact) mass is 367 g/mol. The van der Waals surface area contributed by atoms with Gasteiger partial charge in [-0.25, -0.2) is 4.79 Å². The highest BCUT2D eigenvalue weighted by Crippen LogP contribution is 2.35. The molecule has 9 heteroatoms. The van der Waals surface area contributed by atoms with Crippen LogP contribution < -0.4 is 9.47 Å². The summed E-state index contributed by atoms with van der Waals surface area (Å²) < 4.78 is 49.2. The van der Waals surface area contributed by atoms with Crippen LogP contribution in [0.5, 0.6) is 11.5 Å². The Balaban J connectivity index is 2.37. The van der Waals surface area contributed by atoms with Crippen molar-refractivity contribution in [1.29, 1.82) is 0 Å². The van der Waals surface area contributed by atoms with Crippen molar-refractivity contribution in [3.8, 4) is 11.5 Å². The van der Waals surface area contributed by atoms with Crippen molar-refractivity contribution in [2.75, 3.05) is 7.11 Å². The first kappa shape index (κ1) is 19.0. The van der Waals surface area contributed by atoms with Crippen LogP contribution in [-0.2, 0) is 4.79 Å². The van der Waals surface area contributed by atoms with Crippen LogP contribution in [-0.4, -0.2) is 24.2 Å². The molecule has 136 valence electrons. The number of alkyl halides is 3. The van der Waals surface area contributed by atoms with Gasteiger partial charge in [-0.1, -0.05) is 30.3 Å². The molecule has 0 aliphatic heterocycles. The van der Waals surface area contributed by atoms with Crippen LogP contribution in [0.4, 0.5) is 18.9 Å². The van der Waals surface area contributed by atoms with E-state index in [1.807, 2.05) is 0 Å². The lowest BCUT2D eigenvalue weighted by Gasteiger charge is -2.12. The fourth-order valence-corrected chi connectivity index (χ4v) is 2.06. The summed E-state index contributed by atoms with van der Waals surface area (Å²) in [6, 6.07) is 10.00. The van der Waals surface area contributed by atoms with E-state index in [-0.39, 0.29) is 17.4 Å². The topological polar surface area (TPSA) is 78.7 Å². The van der Waals surface area contributed by atoms with Crippen molar-refractivity contribution in [2.45, 2.75) is 6.18 Å². The lowest BCUT2D eigenvalue weighted by atomic mass is 10.1. The zero-order valence-corrected chi connectivity index (χ0v) is 13.3. The lowest BCUT2D eigenvalue weighted by Crippen LogP contribution is -2.15. The zero-order valence-electron chi connectivity index (χ0n) is 13.3. The maximum absolute atomic E-state index is 13.2. The van der Waals surface area contributed by atoms with Crippen LogP contribution in [0.2, 0.25) is 0 Å². The van der Waals surface area contributed by atoms with Gasteiger partial charge in [0.15, 0.2) is 0 Å². The van der Waals surface area contributed by atoms with Gasteiger partial charge in [-0.15, -0.1) is 0 Å². The standard InChI is InChI=1S/C17H12F3NO5/c1-25-12-7-8-15(14(9-12)21(23)24)26-16(22)10-13(17(18,19)20)11-5-3-2-4-6-11/h2-10H,1H3/b13-10-. The normalized spacial score (nSPS) is 11.8. The van der Waals surface area contributed by atoms with Gasteiger partial charge >= 0.3 is 17.8 Å². The number of nitro benzene ring substituents is 1. The van der Waals surface area contributed by atoms with Crippen LogP contribution in [0.15, 0.2) is 54.6 Å². The maximum Gasteiger partial charge on any atom is 0.417 e. The molecule has 0 aromatic heterocycles. The Hall–Kier alpha value is -3.36. The Bertz CT molecular complexity index is 847. The molecule has 0 N–H and O–H groups in total. The van der Waals surface area contributed by atoms with Gasteiger partial charge in [-0.2, -0.15) is 13.2 Å². The number of allylic oxidation sites excluding steroid dienone is 1. The quantitative estimate of drug-likeness (QED) is 0.261. The number of benzene rings is 2. The summed E-state index contributed by atoms with van der Waals surface area (Å²) in [4.78, 5) is 22.1. The van der Waals surface area contributed by atoms with E-state index >= 15 is 0 Å². The van der Waals surface area contributed by atoms with Crippen molar-refractivity contribution < 1.29 is 32.4 Å². The SMILES string of the molecule is COc1ccc(OC(=O)/C=C(/c2ccccc2)C(F)(F)F)c([N+](=O)[O-])c1. The molecule has 0 atom stereocenters. The van der Waals surface area contributed by atoms with Crippen molar-refractivity contribution in [3.63, 3.8) is 0 Å². The lowest BCUT2D eigenvalue weighted by molar-refractivity contribution is -0.385. The van der Waals surface area contributed by atoms with E-state index < -0.39 is 34.1 Å². The first-order chi connectivity index (χ1) is 12.2. The van der Waals surface area contributed by atoms with Gasteiger partial charge in [0.2, 0.25) is 5.75 Å². The fraction of sp³-hybridized carbons (Fsp3) is 0.118. The van der Waals surface area contributed by atoms with E-state index in [9.17, 15) is 28.1 Å². The van der Waals surface area contributed by atoms with Gasteiger partial charge in [0.25, 0.3) is 0 Å². The Morgan fingerprint density at radius 3 is 2.35 bits per heavy atom. The minimum atomic E-state index is -4.81. The second-order valence-corrected chi connectivity index (χ2v) is 4.93. The molecule has 2 aromatic rings. The predicted molar refractivity (Wildman–Crippen MR) is 85.8 cm³/mol. The molecule has 2 rings (SSSR count). The molecule has 6 nitrogen and oxygen atoms in total. The molecule has 0 unspecified atom stereocenters. The van der Waals surface area contributed by atoms with Crippen molar-refractivity contribution in [3.05, 3.63) is 70.3 Å². The van der Waals surface area contributed by atoms with Crippen molar-refractivity contribution in [1.82, 2.24) is 0 Å². The zero-order chi connectivity index (χ0) is 19.3. The smallest absolute Gasteiger partial charge is 0.417 e. The minimum absolute atomic E-state index is 0.132. The average molecular weight is 367 g/mol. The van der Waals surface area contributed by atoms with Gasteiger partial charge in [0, 0.05) is 6.08 Å². The van der Waals surface area contributed by atoms with Crippen molar-refractivity contribution >= 4 is 17.2 Å². The molecule has 0 radical (unpaired) electrons. The molecule has 0 heterocycles. The largest absolute Gasteiger partial charge is 0.496 e. The summed E-state index contributed by atoms with van der Waals surface area (Å²) in [5.41, 5.74) is -2.07. The number of rotatable bonds is 5. The number of nitro groups is 1. The number of hydrogen-bond acceptors (Lipinski definition) is 5. The van der Waals surface area contributed by atoms with Gasteiger partial charge in [-0.05, 0) is 17.7 Å². The van der Waals surface area contributed by atoms with E-state index in [0.29, 0.717) is 0 Å². The summed E-state index contributed by atoms with van der Waals surface area (Å²) in [6.45, 7) is 0. The predicted octanol–water partition coefficient (Wildman–Crippen LogP) is 4.15. The van der Waals surface area contributed by atoms with Gasteiger partial charge in [-0.3, -0.25) is 10.1 Å². The van der Waals surface area contributed by atoms with Gasteiger partial charge < -0.3 is 9.47 Å². The molecule has 0 bridgehead atoms. The number of ether oxygens (including phenoxy) is 2. The number of methoxy groups -OCH3 is 1. The van der Waals surface area contributed by atoms with Crippen LogP contribution in [0.3, 0.4) is 0 Å². The number of esters is 1. The van der Waals surface area contributed by atoms with Gasteiger partial charge in [0.05, 0.1) is 23.7 Å². The molecule has 0 amide bonds. The third kappa shape index (κ3) is 4.59. The Labute approximate surface area is 145 Å². The van der Waals surface area contributed by atoms with Crippen molar-refractivity contribution in [2.24, 2.45) is 0 Å². The second kappa shape index (κ2) is 7.68. The summed E-state index contributed by atoms with van der Waals surface area (Å²) in [5, 5.41) is 11.0. The molecule has 0 aliphatic rings. The van der Waals surface area contributed by atoms with Crippen LogP contribution >= 0.6 is 0 Å². The highest BCUT2D eigenvalue weighted by atomic mass is 19.4. The highest BCUT2D eigenvalue weighted by molar-refractivity contribution is 5.94. The Kier molecular flexibility index (Phi) is 5.61. The summed E-state index contributed by atoms with van der Waals surface area (Å²) in [6.07, 6.45) is -4.56. The third-order valence-corrected chi connectivity index (χ3v) is 3.23. The Morgan fingerprint density at radius 1 is 1.15 bits per heavy atom. The molecular weight excluding hydrogens is 355 g/mol. The summed E-state index contributed by atoms with van der Waals surface area (Å²) >= 11 is 0. The molecule has 2 aromatic carbocycles. The van der Waals surface area contributed by atoms with E-state index in [4.69, 9.17) is 9.47 Å². The number of carbonyl (C=O) groups excluding carboxylic acids is 1. The molecule has 0 aliphatic carbocycles. The van der Waals surface area contributed by atoms with E-state index in [1.165, 1.54) is 43.5 Å². The number of hydrogen-bond donors (Lipinski definition) is 0. The average Bonchev–Trinajstić information content (AvgIpc) is 2.59. The molecular formula is C17H12F3NO5. The minimum Gasteiger partial charge on any atom is -0.496 e. The fourth-order valence-electron chi connectivity index (χ4n) is 2.06. The second-order valence-electron chi connectivity index (χ2n) is 4.93. The van der Waals surface area contributed by atoms with E-state index in [0.717, 1.165) is 12.1 Å². The summed E-state index contributed by atoms with van der Waals surface area (Å²) in [5.74, 6) is -1.76. The molecule has 0 saturated heterocycles. The molecule has 26 heavy (non-hydrogen) atoms. The van der Waals surface area contributed by atoms with E-state index in [2.05, 4.69) is 0 Å². The van der Waals surface area contributed by atoms with Crippen LogP contribution in [0.25, 0.3) is 5.57 Å². The molecule has 0 fully saturated rings. The number of carbonyl (C=O) groups is 1. The van der Waals surface area contributed by atoms with E-state index in [1.54, 1.807) is 0 Å². The molecule has 0 spiro atoms. The first-order valence-corrected chi connectivity index (χ1v) is 7.11. The highest BCUT2D eigenvalue weighted by Gasteiger charge is 2.35. The van der Waals surface area contributed by atoms with Crippen LogP contribution in [0.1, 0.15) is 5.56 Å². The molecule has 0 saturated carbocycles. The number of nitrogens with zero attached hydrogens (tertiary/aromatic N) is 1. The maximum atomic E-state index is 13.2. The van der Waals surface area contributed by atoms with Crippen LogP contribution in [0, 0.1) is 10.1 Å². The third-order valence-electron chi connectivity index (χ3n) is 3.23. The number of halogens is 3. The summed E-state index contributed by atoms with van der Waals surface area (Å²) in [7, 11) is 1.28.